The van der Waals surface area contributed by atoms with Crippen LogP contribution in [-0.4, -0.2) is 85.7 Å². The molecule has 0 amide bonds. The summed E-state index contributed by atoms with van der Waals surface area (Å²) in [7, 11) is 0. The number of nitrogens with zero attached hydrogens (tertiary/aromatic N) is 4. The Morgan fingerprint density at radius 3 is 2.23 bits per heavy atom. The van der Waals surface area contributed by atoms with Crippen LogP contribution in [0.2, 0.25) is 0 Å². The zero-order valence-corrected chi connectivity index (χ0v) is 21.4. The number of thiazole rings is 1. The quantitative estimate of drug-likeness (QED) is 0.438. The van der Waals surface area contributed by atoms with Gasteiger partial charge in [-0.2, -0.15) is 26.3 Å². The predicted octanol–water partition coefficient (Wildman–Crippen LogP) is 4.13. The fourth-order valence-electron chi connectivity index (χ4n) is 3.89. The maximum absolute atomic E-state index is 10.6. The van der Waals surface area contributed by atoms with Gasteiger partial charge in [0.1, 0.15) is 5.01 Å². The first-order valence-corrected chi connectivity index (χ1v) is 12.4. The molecule has 39 heavy (non-hydrogen) atoms. The fourth-order valence-corrected chi connectivity index (χ4v) is 4.70. The van der Waals surface area contributed by atoms with Crippen molar-refractivity contribution >= 4 is 29.2 Å². The third-order valence-electron chi connectivity index (χ3n) is 5.53. The first-order chi connectivity index (χ1) is 18.1. The van der Waals surface area contributed by atoms with Crippen molar-refractivity contribution in [3.63, 3.8) is 0 Å². The SMILES string of the molecule is Cc1csc(CN2CC[C@]3(CCC[C@H](CNc4ncccn4)O3)C2)n1.O=C(O)C(F)(F)F.O=C(O)C(F)(F)F. The highest BCUT2D eigenvalue weighted by Gasteiger charge is 2.43. The molecular formula is C22H27F6N5O5S. The van der Waals surface area contributed by atoms with Gasteiger partial charge >= 0.3 is 24.3 Å². The molecule has 17 heteroatoms. The minimum atomic E-state index is -5.08. The molecule has 2 atom stereocenters. The van der Waals surface area contributed by atoms with E-state index in [1.807, 2.05) is 6.07 Å². The van der Waals surface area contributed by atoms with Gasteiger partial charge in [0.25, 0.3) is 0 Å². The molecule has 2 saturated heterocycles. The summed E-state index contributed by atoms with van der Waals surface area (Å²) in [6, 6.07) is 1.83. The van der Waals surface area contributed by atoms with E-state index >= 15 is 0 Å². The smallest absolute Gasteiger partial charge is 0.475 e. The van der Waals surface area contributed by atoms with Crippen molar-refractivity contribution in [1.82, 2.24) is 19.9 Å². The highest BCUT2D eigenvalue weighted by Crippen LogP contribution is 2.37. The van der Waals surface area contributed by atoms with Gasteiger partial charge in [0, 0.05) is 43.1 Å². The number of aliphatic carboxylic acids is 2. The van der Waals surface area contributed by atoms with Crippen molar-refractivity contribution < 1.29 is 50.9 Å². The number of carboxylic acids is 2. The number of anilines is 1. The van der Waals surface area contributed by atoms with E-state index in [0.29, 0.717) is 5.95 Å². The molecular weight excluding hydrogens is 560 g/mol. The lowest BCUT2D eigenvalue weighted by Crippen LogP contribution is -2.45. The van der Waals surface area contributed by atoms with Crippen molar-refractivity contribution in [2.24, 2.45) is 0 Å². The molecule has 0 bridgehead atoms. The first-order valence-electron chi connectivity index (χ1n) is 11.5. The molecule has 0 saturated carbocycles. The molecule has 2 aromatic heterocycles. The van der Waals surface area contributed by atoms with Crippen molar-refractivity contribution in [3.05, 3.63) is 34.5 Å². The lowest BCUT2D eigenvalue weighted by Gasteiger charge is -2.38. The van der Waals surface area contributed by atoms with E-state index in [1.165, 1.54) is 17.8 Å². The largest absolute Gasteiger partial charge is 0.490 e. The molecule has 4 heterocycles. The molecule has 2 aliphatic rings. The number of carboxylic acid groups (broad SMARTS) is 2. The van der Waals surface area contributed by atoms with Gasteiger partial charge in [0.2, 0.25) is 5.95 Å². The van der Waals surface area contributed by atoms with Crippen molar-refractivity contribution in [2.45, 2.75) is 63.2 Å². The van der Waals surface area contributed by atoms with Crippen LogP contribution in [0.25, 0.3) is 0 Å². The van der Waals surface area contributed by atoms with E-state index in [9.17, 15) is 26.3 Å². The zero-order chi connectivity index (χ0) is 29.3. The van der Waals surface area contributed by atoms with Gasteiger partial charge in [-0.05, 0) is 38.7 Å². The second kappa shape index (κ2) is 13.8. The van der Waals surface area contributed by atoms with Crippen molar-refractivity contribution in [2.75, 3.05) is 25.0 Å². The first kappa shape index (κ1) is 32.2. The van der Waals surface area contributed by atoms with Gasteiger partial charge in [-0.3, -0.25) is 4.90 Å². The Bertz CT molecular complexity index is 1050. The van der Waals surface area contributed by atoms with Crippen LogP contribution in [0.5, 0.6) is 0 Å². The molecule has 0 unspecified atom stereocenters. The number of halogens is 6. The number of nitrogens with one attached hydrogen (secondary N) is 1. The average Bonchev–Trinajstić information content (AvgIpc) is 3.43. The Hall–Kier alpha value is -3.05. The number of likely N-dealkylation sites (tertiary alicyclic amines) is 1. The molecule has 2 aliphatic heterocycles. The van der Waals surface area contributed by atoms with Crippen LogP contribution in [0.1, 0.15) is 36.4 Å². The average molecular weight is 588 g/mol. The van der Waals surface area contributed by atoms with Crippen LogP contribution in [0.3, 0.4) is 0 Å². The Kier molecular flexibility index (Phi) is 11.4. The van der Waals surface area contributed by atoms with Gasteiger partial charge in [-0.1, -0.05) is 0 Å². The third kappa shape index (κ3) is 11.3. The Morgan fingerprint density at radius 1 is 1.13 bits per heavy atom. The molecule has 0 aliphatic carbocycles. The molecule has 1 spiro atoms. The highest BCUT2D eigenvalue weighted by molar-refractivity contribution is 7.09. The van der Waals surface area contributed by atoms with Crippen LogP contribution in [0.4, 0.5) is 32.3 Å². The van der Waals surface area contributed by atoms with Gasteiger partial charge in [-0.25, -0.2) is 24.5 Å². The third-order valence-corrected chi connectivity index (χ3v) is 6.49. The van der Waals surface area contributed by atoms with Crippen LogP contribution in [0.15, 0.2) is 23.8 Å². The van der Waals surface area contributed by atoms with Crippen LogP contribution < -0.4 is 5.32 Å². The van der Waals surface area contributed by atoms with Gasteiger partial charge in [-0.15, -0.1) is 11.3 Å². The van der Waals surface area contributed by atoms with Crippen molar-refractivity contribution in [1.29, 1.82) is 0 Å². The molecule has 2 fully saturated rings. The van der Waals surface area contributed by atoms with E-state index in [-0.39, 0.29) is 11.7 Å². The summed E-state index contributed by atoms with van der Waals surface area (Å²) >= 11 is 1.76. The fraction of sp³-hybridized carbons (Fsp3) is 0.591. The monoisotopic (exact) mass is 587 g/mol. The van der Waals surface area contributed by atoms with Crippen LogP contribution >= 0.6 is 11.3 Å². The summed E-state index contributed by atoms with van der Waals surface area (Å²) in [5.74, 6) is -4.84. The Labute approximate surface area is 223 Å². The maximum atomic E-state index is 10.6. The molecule has 4 rings (SSSR count). The second-order valence-electron chi connectivity index (χ2n) is 8.72. The number of hydrogen-bond donors (Lipinski definition) is 3. The van der Waals surface area contributed by atoms with Gasteiger partial charge in [0.15, 0.2) is 0 Å². The lowest BCUT2D eigenvalue weighted by atomic mass is 9.90. The van der Waals surface area contributed by atoms with Gasteiger partial charge < -0.3 is 20.3 Å². The minimum Gasteiger partial charge on any atom is -0.475 e. The number of aryl methyl sites for hydroxylation is 1. The number of rotatable bonds is 5. The minimum absolute atomic E-state index is 0.0223. The second-order valence-corrected chi connectivity index (χ2v) is 9.66. The van der Waals surface area contributed by atoms with Gasteiger partial charge in [0.05, 0.1) is 18.2 Å². The topological polar surface area (TPSA) is 138 Å². The number of alkyl halides is 6. The van der Waals surface area contributed by atoms with E-state index in [1.54, 1.807) is 23.7 Å². The lowest BCUT2D eigenvalue weighted by molar-refractivity contribution is -0.193. The summed E-state index contributed by atoms with van der Waals surface area (Å²) in [5.41, 5.74) is 1.14. The van der Waals surface area contributed by atoms with E-state index in [0.717, 1.165) is 44.7 Å². The zero-order valence-electron chi connectivity index (χ0n) is 20.6. The Morgan fingerprint density at radius 2 is 1.72 bits per heavy atom. The molecule has 218 valence electrons. The van der Waals surface area contributed by atoms with Crippen LogP contribution in [0, 0.1) is 6.92 Å². The van der Waals surface area contributed by atoms with Crippen molar-refractivity contribution in [3.8, 4) is 0 Å². The molecule has 0 aromatic carbocycles. The highest BCUT2D eigenvalue weighted by atomic mass is 32.1. The van der Waals surface area contributed by atoms with E-state index < -0.39 is 24.3 Å². The summed E-state index contributed by atoms with van der Waals surface area (Å²) < 4.78 is 70.0. The summed E-state index contributed by atoms with van der Waals surface area (Å²) in [5, 5.41) is 20.9. The van der Waals surface area contributed by atoms with E-state index in [2.05, 4.69) is 37.5 Å². The van der Waals surface area contributed by atoms with Crippen LogP contribution in [-0.2, 0) is 20.9 Å². The number of carbonyl (C=O) groups is 2. The molecule has 3 N–H and O–H groups in total. The predicted molar refractivity (Wildman–Crippen MR) is 126 cm³/mol. The Balaban J connectivity index is 0.000000317. The number of hydrogen-bond acceptors (Lipinski definition) is 9. The molecule has 0 radical (unpaired) electrons. The normalized spacial score (nSPS) is 21.4. The summed E-state index contributed by atoms with van der Waals surface area (Å²) in [6.45, 7) is 5.90. The number of aromatic nitrogens is 3. The maximum Gasteiger partial charge on any atom is 0.490 e. The number of ether oxygens (including phenoxy) is 1. The summed E-state index contributed by atoms with van der Waals surface area (Å²) in [4.78, 5) is 33.3. The molecule has 10 nitrogen and oxygen atoms in total. The standard InChI is InChI=1S/C18H25N5OS.2C2HF3O2/c1-14-12-25-16(22-14)11-23-9-6-18(13-23)5-2-4-15(24-18)10-21-17-19-7-3-8-20-17;2*3-2(4,5)1(6)7/h3,7-8,12,15H,2,4-6,9-11,13H2,1H3,(H,19,20,21);2*(H,6,7)/t15-,18-;;/m1../s1. The summed E-state index contributed by atoms with van der Waals surface area (Å²) in [6.07, 6.45) is -1.80. The molecule has 2 aromatic rings. The van der Waals surface area contributed by atoms with E-state index in [4.69, 9.17) is 24.5 Å².